The predicted molar refractivity (Wildman–Crippen MR) is 300 cm³/mol. The van der Waals surface area contributed by atoms with Gasteiger partial charge < -0.3 is 27.4 Å². The van der Waals surface area contributed by atoms with E-state index < -0.39 is 0 Å². The number of fused-ring (bicyclic) bond motifs is 18. The van der Waals surface area contributed by atoms with E-state index in [1.54, 1.807) is 0 Å². The lowest BCUT2D eigenvalue weighted by atomic mass is 10.0. The molecule has 0 spiro atoms. The molecule has 0 aliphatic carbocycles. The monoisotopic (exact) mass is 918 g/mol. The summed E-state index contributed by atoms with van der Waals surface area (Å²) in [6, 6.07) is 83.4. The smallest absolute Gasteiger partial charge is 0.137 e. The fourth-order valence-corrected chi connectivity index (χ4v) is 12.6. The van der Waals surface area contributed by atoms with E-state index in [9.17, 15) is 0 Å². The summed E-state index contributed by atoms with van der Waals surface area (Å²) in [7, 11) is 0. The van der Waals surface area contributed by atoms with E-state index in [1.807, 2.05) is 12.1 Å². The summed E-state index contributed by atoms with van der Waals surface area (Å²) in [5, 5.41) is 14.3. The highest BCUT2D eigenvalue weighted by Gasteiger charge is 2.26. The first kappa shape index (κ1) is 38.1. The fraction of sp³-hybridized carbons (Fsp3) is 0. The second-order valence-corrected chi connectivity index (χ2v) is 19.2. The fourth-order valence-electron chi connectivity index (χ4n) is 12.6. The van der Waals surface area contributed by atoms with Crippen molar-refractivity contribution in [3.63, 3.8) is 0 Å². The molecule has 6 heteroatoms. The highest BCUT2D eigenvalue weighted by Crippen LogP contribution is 2.49. The van der Waals surface area contributed by atoms with Gasteiger partial charge in [0, 0.05) is 76.6 Å². The maximum absolute atomic E-state index is 6.45. The largest absolute Gasteiger partial charge is 0.456 e. The maximum atomic E-state index is 6.45. The van der Waals surface area contributed by atoms with Crippen LogP contribution in [0, 0.1) is 0 Å². The number of furan rings is 2. The minimum absolute atomic E-state index is 0.869. The Labute approximate surface area is 410 Å². The second-order valence-electron chi connectivity index (χ2n) is 19.2. The van der Waals surface area contributed by atoms with Gasteiger partial charge in [-0.1, -0.05) is 133 Å². The molecule has 0 fully saturated rings. The summed E-state index contributed by atoms with van der Waals surface area (Å²) in [5.41, 5.74) is 17.2. The lowest BCUT2D eigenvalue weighted by Crippen LogP contribution is -2.10. The molecule has 0 amide bonds. The van der Waals surface area contributed by atoms with Gasteiger partial charge in [-0.05, 0) is 97.1 Å². The van der Waals surface area contributed by atoms with Crippen LogP contribution in [0.5, 0.6) is 0 Å². The van der Waals surface area contributed by atoms with Gasteiger partial charge >= 0.3 is 0 Å². The van der Waals surface area contributed by atoms with Crippen LogP contribution in [0.2, 0.25) is 0 Å². The van der Waals surface area contributed by atoms with Crippen molar-refractivity contribution in [2.75, 3.05) is 9.80 Å². The summed E-state index contributed by atoms with van der Waals surface area (Å²) < 4.78 is 17.9. The average Bonchev–Trinajstić information content (AvgIpc) is 4.28. The lowest BCUT2D eigenvalue weighted by Gasteiger charge is -2.26. The third-order valence-electron chi connectivity index (χ3n) is 15.5. The molecule has 334 valence electrons. The number of hydrogen-bond acceptors (Lipinski definition) is 4. The number of aromatic nitrogens is 2. The normalized spacial score (nSPS) is 12.4. The third kappa shape index (κ3) is 4.97. The number of anilines is 6. The second kappa shape index (κ2) is 13.9. The molecule has 0 saturated heterocycles. The molecule has 72 heavy (non-hydrogen) atoms. The highest BCUT2D eigenvalue weighted by atomic mass is 16.3. The molecule has 0 unspecified atom stereocenters. The van der Waals surface area contributed by atoms with E-state index in [0.29, 0.717) is 0 Å². The van der Waals surface area contributed by atoms with Crippen molar-refractivity contribution in [2.24, 2.45) is 0 Å². The van der Waals surface area contributed by atoms with Gasteiger partial charge in [-0.3, -0.25) is 0 Å². The molecule has 6 nitrogen and oxygen atoms in total. The Kier molecular flexibility index (Phi) is 7.38. The highest BCUT2D eigenvalue weighted by molar-refractivity contribution is 6.29. The van der Waals surface area contributed by atoms with Crippen LogP contribution in [0.3, 0.4) is 0 Å². The molecule has 11 aromatic carbocycles. The zero-order valence-electron chi connectivity index (χ0n) is 38.5. The van der Waals surface area contributed by atoms with Crippen LogP contribution in [-0.4, -0.2) is 8.80 Å². The van der Waals surface area contributed by atoms with Crippen molar-refractivity contribution in [3.05, 3.63) is 231 Å². The van der Waals surface area contributed by atoms with E-state index in [0.717, 1.165) is 78.0 Å². The first-order chi connectivity index (χ1) is 35.7. The topological polar surface area (TPSA) is 41.6 Å². The Bertz CT molecular complexity index is 4740. The summed E-state index contributed by atoms with van der Waals surface area (Å²) in [5.74, 6) is 0. The molecule has 0 radical (unpaired) electrons. The van der Waals surface area contributed by atoms with Crippen molar-refractivity contribution in [1.82, 2.24) is 8.80 Å². The number of nitrogens with zero attached hydrogens (tertiary/aromatic N) is 4. The van der Waals surface area contributed by atoms with Crippen LogP contribution in [0.25, 0.3) is 120 Å². The molecule has 17 rings (SSSR count). The minimum Gasteiger partial charge on any atom is -0.456 e. The minimum atomic E-state index is 0.869. The first-order valence-electron chi connectivity index (χ1n) is 24.6. The van der Waals surface area contributed by atoms with Gasteiger partial charge in [0.15, 0.2) is 0 Å². The quantitative estimate of drug-likeness (QED) is 0.167. The molecule has 17 aromatic rings. The average molecular weight is 919 g/mol. The van der Waals surface area contributed by atoms with E-state index >= 15 is 0 Å². The van der Waals surface area contributed by atoms with Crippen molar-refractivity contribution < 1.29 is 8.83 Å². The van der Waals surface area contributed by atoms with Crippen molar-refractivity contribution >= 4 is 154 Å². The SMILES string of the molecule is c1ccc(N(c2ccc3c4cccc5c6cc7c(cc6n(c3c2)c45)c2cccc3c4ccc(N(c5ccccc5)c5cccc6oc8ccccc8c56)cc4n7c32)c2cccc3oc4ccccc4c23)cc1. The standard InChI is InChI=1S/C66H38N4O2/c1-3-15-39(16-4-1)67(53-25-13-29-61-63(53)49-19-7-9-27-59(49)71-61)41-31-33-43-45-21-11-23-47-51-38-58-52(37-57(51)69(65(45)47)55(43)35-41)48-24-12-22-46-44-34-32-42(36-56(44)70(58)66(46)48)68(40-17-5-2-6-18-40)54-26-14-30-62-64(54)50-20-8-10-28-60(50)72-62/h1-38H. The van der Waals surface area contributed by atoms with Crippen LogP contribution >= 0.6 is 0 Å². The number of benzene rings is 11. The van der Waals surface area contributed by atoms with Crippen LogP contribution in [0.15, 0.2) is 239 Å². The Hall–Kier alpha value is -9.78. The summed E-state index contributed by atoms with van der Waals surface area (Å²) in [4.78, 5) is 4.77. The number of rotatable bonds is 6. The van der Waals surface area contributed by atoms with Crippen molar-refractivity contribution in [3.8, 4) is 0 Å². The predicted octanol–water partition coefficient (Wildman–Crippen LogP) is 18.7. The van der Waals surface area contributed by atoms with Crippen molar-refractivity contribution in [1.29, 1.82) is 0 Å². The molecule has 0 saturated carbocycles. The van der Waals surface area contributed by atoms with Crippen molar-refractivity contribution in [2.45, 2.75) is 0 Å². The van der Waals surface area contributed by atoms with Gasteiger partial charge in [-0.2, -0.15) is 0 Å². The van der Waals surface area contributed by atoms with E-state index in [-0.39, 0.29) is 0 Å². The molecule has 0 aliphatic rings. The van der Waals surface area contributed by atoms with Crippen LogP contribution in [-0.2, 0) is 0 Å². The molecule has 0 atom stereocenters. The van der Waals surface area contributed by atoms with Gasteiger partial charge in [-0.15, -0.1) is 0 Å². The first-order valence-corrected chi connectivity index (χ1v) is 24.6. The Morgan fingerprint density at radius 2 is 0.611 bits per heavy atom. The lowest BCUT2D eigenvalue weighted by molar-refractivity contribution is 0.668. The van der Waals surface area contributed by atoms with Gasteiger partial charge in [0.2, 0.25) is 0 Å². The summed E-state index contributed by atoms with van der Waals surface area (Å²) >= 11 is 0. The molecule has 0 N–H and O–H groups in total. The molecule has 0 bridgehead atoms. The molecular weight excluding hydrogens is 881 g/mol. The Morgan fingerprint density at radius 3 is 1.07 bits per heavy atom. The zero-order chi connectivity index (χ0) is 46.8. The summed E-state index contributed by atoms with van der Waals surface area (Å²) in [6.45, 7) is 0. The van der Waals surface area contributed by atoms with Gasteiger partial charge in [0.25, 0.3) is 0 Å². The third-order valence-corrected chi connectivity index (χ3v) is 15.5. The molecule has 6 aromatic heterocycles. The van der Waals surface area contributed by atoms with E-state index in [1.165, 1.54) is 76.2 Å². The van der Waals surface area contributed by atoms with Gasteiger partial charge in [0.05, 0.1) is 55.2 Å². The summed E-state index contributed by atoms with van der Waals surface area (Å²) in [6.07, 6.45) is 0. The van der Waals surface area contributed by atoms with Gasteiger partial charge in [-0.25, -0.2) is 0 Å². The van der Waals surface area contributed by atoms with Crippen LogP contribution < -0.4 is 9.80 Å². The Morgan fingerprint density at radius 1 is 0.250 bits per heavy atom. The number of hydrogen-bond donors (Lipinski definition) is 0. The molecular formula is C66H38N4O2. The van der Waals surface area contributed by atoms with Crippen LogP contribution in [0.1, 0.15) is 0 Å². The van der Waals surface area contributed by atoms with E-state index in [2.05, 4.69) is 237 Å². The van der Waals surface area contributed by atoms with Crippen LogP contribution in [0.4, 0.5) is 34.1 Å². The number of para-hydroxylation sites is 6. The van der Waals surface area contributed by atoms with Gasteiger partial charge in [0.1, 0.15) is 22.3 Å². The molecule has 0 aliphatic heterocycles. The zero-order valence-corrected chi connectivity index (χ0v) is 38.5. The molecule has 6 heterocycles. The van der Waals surface area contributed by atoms with E-state index in [4.69, 9.17) is 8.83 Å². The maximum Gasteiger partial charge on any atom is 0.137 e. The Balaban J connectivity index is 0.914.